The van der Waals surface area contributed by atoms with Crippen LogP contribution in [0.5, 0.6) is 0 Å². The third kappa shape index (κ3) is 5.53. The van der Waals surface area contributed by atoms with E-state index in [4.69, 9.17) is 33.2 Å². The predicted molar refractivity (Wildman–Crippen MR) is 140 cm³/mol. The molecule has 0 radical (unpaired) electrons. The van der Waals surface area contributed by atoms with Crippen LogP contribution in [0, 0.1) is 12.3 Å². The van der Waals surface area contributed by atoms with E-state index in [2.05, 4.69) is 9.62 Å². The zero-order chi connectivity index (χ0) is 23.8. The molecule has 2 fully saturated rings. The van der Waals surface area contributed by atoms with Gasteiger partial charge in [0.2, 0.25) is 0 Å². The highest BCUT2D eigenvalue weighted by atomic mass is 35.5. The van der Waals surface area contributed by atoms with Gasteiger partial charge in [-0.15, -0.1) is 0 Å². The summed E-state index contributed by atoms with van der Waals surface area (Å²) in [5.74, 6) is 0.921. The van der Waals surface area contributed by atoms with E-state index < -0.39 is 11.0 Å². The summed E-state index contributed by atoms with van der Waals surface area (Å²) in [6.07, 6.45) is 7.56. The largest absolute Gasteiger partial charge is 0.355 e. The van der Waals surface area contributed by atoms with Crippen LogP contribution < -0.4 is 9.62 Å². The first-order chi connectivity index (χ1) is 15.6. The molecule has 1 saturated heterocycles. The molecule has 0 unspecified atom stereocenters. The molecule has 9 heteroatoms. The van der Waals surface area contributed by atoms with Crippen molar-refractivity contribution in [2.45, 2.75) is 80.5 Å². The van der Waals surface area contributed by atoms with E-state index in [1.807, 2.05) is 46.0 Å². The smallest absolute Gasteiger partial charge is 0.147 e. The fraction of sp³-hybridized carbons (Fsp3) is 0.583. The Kier molecular flexibility index (Phi) is 7.66. The van der Waals surface area contributed by atoms with E-state index in [0.717, 1.165) is 53.8 Å². The predicted octanol–water partition coefficient (Wildman–Crippen LogP) is 6.43. The highest BCUT2D eigenvalue weighted by Gasteiger charge is 2.46. The second-order valence-corrected chi connectivity index (χ2v) is 13.9. The maximum atomic E-state index is 12.7. The summed E-state index contributed by atoms with van der Waals surface area (Å²) >= 11 is 14.0. The minimum absolute atomic E-state index is 0.235. The lowest BCUT2D eigenvalue weighted by molar-refractivity contribution is 0.188. The Morgan fingerprint density at radius 1 is 1.21 bits per heavy atom. The molecule has 1 aliphatic carbocycles. The summed E-state index contributed by atoms with van der Waals surface area (Å²) in [6.45, 7) is 9.97. The van der Waals surface area contributed by atoms with E-state index in [1.54, 1.807) is 6.07 Å². The Morgan fingerprint density at radius 2 is 1.94 bits per heavy atom. The number of hydrogen-bond acceptors (Lipinski definition) is 5. The fourth-order valence-electron chi connectivity index (χ4n) is 4.79. The lowest BCUT2D eigenvalue weighted by atomic mass is 9.74. The Morgan fingerprint density at radius 3 is 2.61 bits per heavy atom. The highest BCUT2D eigenvalue weighted by molar-refractivity contribution is 7.99. The van der Waals surface area contributed by atoms with Crippen LogP contribution in [0.2, 0.25) is 10.0 Å². The molecule has 1 N–H and O–H groups in total. The number of nitrogens with one attached hydrogen (secondary N) is 1. The third-order valence-electron chi connectivity index (χ3n) is 6.81. The maximum Gasteiger partial charge on any atom is 0.147 e. The van der Waals surface area contributed by atoms with Crippen molar-refractivity contribution in [2.24, 2.45) is 5.41 Å². The van der Waals surface area contributed by atoms with Crippen molar-refractivity contribution in [1.82, 2.24) is 14.7 Å². The number of nitrogens with zero attached hydrogens (tertiary/aromatic N) is 3. The van der Waals surface area contributed by atoms with E-state index in [1.165, 1.54) is 24.6 Å². The first kappa shape index (κ1) is 25.2. The number of aromatic nitrogens is 2. The average Bonchev–Trinajstić information content (AvgIpc) is 3.14. The SMILES string of the molecule is Cc1nc(N2CCC3(CCC[C@H]3N[S@](=O)C(C)(C)C)CC2)cnc1Sc1cccc(Cl)c1Cl. The molecule has 0 bridgehead atoms. The van der Waals surface area contributed by atoms with E-state index >= 15 is 0 Å². The number of piperidine rings is 1. The number of benzene rings is 1. The molecule has 5 nitrogen and oxygen atoms in total. The van der Waals surface area contributed by atoms with Gasteiger partial charge >= 0.3 is 0 Å². The Balaban J connectivity index is 1.42. The number of rotatable bonds is 5. The molecule has 1 saturated carbocycles. The van der Waals surface area contributed by atoms with Crippen LogP contribution in [0.15, 0.2) is 34.3 Å². The normalized spacial score (nSPS) is 21.5. The van der Waals surface area contributed by atoms with Gasteiger partial charge in [0.25, 0.3) is 0 Å². The lowest BCUT2D eigenvalue weighted by Gasteiger charge is -2.44. The van der Waals surface area contributed by atoms with Crippen molar-refractivity contribution < 1.29 is 4.21 Å². The molecular formula is C24H32Cl2N4OS2. The number of hydrogen-bond donors (Lipinski definition) is 1. The van der Waals surface area contributed by atoms with Gasteiger partial charge in [-0.3, -0.25) is 0 Å². The van der Waals surface area contributed by atoms with Gasteiger partial charge in [-0.2, -0.15) is 0 Å². The highest BCUT2D eigenvalue weighted by Crippen LogP contribution is 2.47. The first-order valence-electron chi connectivity index (χ1n) is 11.5. The molecule has 2 heterocycles. The van der Waals surface area contributed by atoms with Crippen molar-refractivity contribution in [3.05, 3.63) is 40.1 Å². The second kappa shape index (κ2) is 10.0. The minimum Gasteiger partial charge on any atom is -0.355 e. The Bertz CT molecular complexity index is 1040. The first-order valence-corrected chi connectivity index (χ1v) is 14.2. The number of aryl methyl sites for hydroxylation is 1. The van der Waals surface area contributed by atoms with Gasteiger partial charge in [0.1, 0.15) is 10.8 Å². The lowest BCUT2D eigenvalue weighted by Crippen LogP contribution is -2.51. The second-order valence-electron chi connectivity index (χ2n) is 10.1. The van der Waals surface area contributed by atoms with Gasteiger partial charge < -0.3 is 4.90 Å². The van der Waals surface area contributed by atoms with Crippen LogP contribution in [0.4, 0.5) is 5.82 Å². The van der Waals surface area contributed by atoms with Gasteiger partial charge in [0, 0.05) is 24.0 Å². The van der Waals surface area contributed by atoms with Crippen LogP contribution in [0.3, 0.4) is 0 Å². The Hall–Kier alpha value is -0.860. The summed E-state index contributed by atoms with van der Waals surface area (Å²) in [4.78, 5) is 12.8. The summed E-state index contributed by atoms with van der Waals surface area (Å²) in [6, 6.07) is 5.94. The van der Waals surface area contributed by atoms with Gasteiger partial charge in [-0.1, -0.05) is 47.5 Å². The molecule has 2 aliphatic rings. The summed E-state index contributed by atoms with van der Waals surface area (Å²) < 4.78 is 16.0. The summed E-state index contributed by atoms with van der Waals surface area (Å²) in [5, 5.41) is 1.92. The molecule has 1 aromatic carbocycles. The van der Waals surface area contributed by atoms with E-state index in [0.29, 0.717) is 16.1 Å². The zero-order valence-electron chi connectivity index (χ0n) is 19.7. The number of anilines is 1. The molecule has 1 aromatic heterocycles. The zero-order valence-corrected chi connectivity index (χ0v) is 22.8. The number of halogens is 2. The van der Waals surface area contributed by atoms with Crippen molar-refractivity contribution in [3.8, 4) is 0 Å². The molecule has 4 rings (SSSR count). The van der Waals surface area contributed by atoms with Crippen LogP contribution in [-0.4, -0.2) is 38.1 Å². The summed E-state index contributed by atoms with van der Waals surface area (Å²) in [7, 11) is -1.03. The van der Waals surface area contributed by atoms with Gasteiger partial charge in [0.05, 0.1) is 37.7 Å². The molecule has 0 amide bonds. The van der Waals surface area contributed by atoms with E-state index in [9.17, 15) is 4.21 Å². The fourth-order valence-corrected chi connectivity index (χ4v) is 7.09. The average molecular weight is 528 g/mol. The molecule has 2 atom stereocenters. The Labute approximate surface area is 214 Å². The summed E-state index contributed by atoms with van der Waals surface area (Å²) in [5.41, 5.74) is 1.12. The third-order valence-corrected chi connectivity index (χ3v) is 10.5. The van der Waals surface area contributed by atoms with Crippen molar-refractivity contribution in [2.75, 3.05) is 18.0 Å². The molecule has 33 heavy (non-hydrogen) atoms. The molecule has 2 aromatic rings. The molecular weight excluding hydrogens is 495 g/mol. The van der Waals surface area contributed by atoms with E-state index in [-0.39, 0.29) is 10.2 Å². The van der Waals surface area contributed by atoms with Crippen LogP contribution in [-0.2, 0) is 11.0 Å². The van der Waals surface area contributed by atoms with Crippen molar-refractivity contribution in [3.63, 3.8) is 0 Å². The van der Waals surface area contributed by atoms with Crippen molar-refractivity contribution >= 4 is 51.8 Å². The standard InChI is InChI=1S/C24H32Cl2N4OS2/c1-16-22(32-18-8-5-7-17(25)21(18)26)27-15-20(28-16)30-13-11-24(12-14-30)10-6-9-19(24)29-33(31)23(2,3)4/h5,7-8,15,19,29H,6,9-14H2,1-4H3/t19-,33-/m1/s1. The topological polar surface area (TPSA) is 58.1 Å². The van der Waals surface area contributed by atoms with Gasteiger partial charge in [-0.25, -0.2) is 18.9 Å². The van der Waals surface area contributed by atoms with Crippen LogP contribution in [0.25, 0.3) is 0 Å². The van der Waals surface area contributed by atoms with Crippen LogP contribution >= 0.6 is 35.0 Å². The van der Waals surface area contributed by atoms with Crippen LogP contribution in [0.1, 0.15) is 58.6 Å². The minimum atomic E-state index is -1.03. The van der Waals surface area contributed by atoms with Gasteiger partial charge in [0.15, 0.2) is 0 Å². The monoisotopic (exact) mass is 526 g/mol. The maximum absolute atomic E-state index is 12.7. The molecule has 1 aliphatic heterocycles. The van der Waals surface area contributed by atoms with Crippen molar-refractivity contribution in [1.29, 1.82) is 0 Å². The quantitative estimate of drug-likeness (QED) is 0.485. The molecule has 1 spiro atoms. The molecule has 180 valence electrons. The van der Waals surface area contributed by atoms with Gasteiger partial charge in [-0.05, 0) is 70.9 Å².